The molecule has 0 fully saturated rings. The zero-order valence-corrected chi connectivity index (χ0v) is 32.2. The molecule has 0 amide bonds. The molecule has 1 unspecified atom stereocenters. The normalized spacial score (nSPS) is 12.0. The highest BCUT2D eigenvalue weighted by atomic mass is 35.5. The second-order valence-electron chi connectivity index (χ2n) is 14.7. The highest BCUT2D eigenvalue weighted by Crippen LogP contribution is 2.29. The van der Waals surface area contributed by atoms with E-state index in [0.717, 1.165) is 5.92 Å². The molecule has 2 heteroatoms. The molecule has 1 aromatic heterocycles. The van der Waals surface area contributed by atoms with Crippen molar-refractivity contribution < 1.29 is 17.0 Å². The zero-order valence-electron chi connectivity index (χ0n) is 31.5. The summed E-state index contributed by atoms with van der Waals surface area (Å²) in [6, 6.07) is 4.89. The van der Waals surface area contributed by atoms with Gasteiger partial charge in [0.15, 0.2) is 11.9 Å². The van der Waals surface area contributed by atoms with Gasteiger partial charge in [0.25, 0.3) is 0 Å². The van der Waals surface area contributed by atoms with Crippen LogP contribution in [0.25, 0.3) is 0 Å². The first-order valence-electron chi connectivity index (χ1n) is 20.6. The predicted octanol–water partition coefficient (Wildman–Crippen LogP) is 11.8. The average molecular weight is 649 g/mol. The summed E-state index contributed by atoms with van der Waals surface area (Å²) in [4.78, 5) is 0. The Hall–Kier alpha value is -0.560. The lowest BCUT2D eigenvalue weighted by molar-refractivity contribution is -0.677. The van der Waals surface area contributed by atoms with Crippen molar-refractivity contribution in [3.8, 4) is 0 Å². The van der Waals surface area contributed by atoms with Crippen LogP contribution < -0.4 is 17.0 Å². The molecule has 45 heavy (non-hydrogen) atoms. The molecule has 0 saturated carbocycles. The maximum absolute atomic E-state index is 2.47. The van der Waals surface area contributed by atoms with Gasteiger partial charge in [-0.05, 0) is 24.3 Å². The molecule has 0 radical (unpaired) electrons. The molecular weight excluding hydrogens is 566 g/mol. The Labute approximate surface area is 291 Å². The topological polar surface area (TPSA) is 3.88 Å². The molecule has 0 aliphatic carbocycles. The van der Waals surface area contributed by atoms with E-state index in [1.54, 1.807) is 5.56 Å². The Morgan fingerprint density at radius 1 is 0.444 bits per heavy atom. The van der Waals surface area contributed by atoms with E-state index < -0.39 is 0 Å². The number of unbranched alkanes of at least 4 members (excludes halogenated alkanes) is 29. The number of rotatable bonds is 34. The fourth-order valence-electron chi connectivity index (χ4n) is 7.14. The largest absolute Gasteiger partial charge is 1.00 e. The van der Waals surface area contributed by atoms with Crippen molar-refractivity contribution in [3.05, 3.63) is 29.6 Å². The Balaban J connectivity index is 0.0000194. The van der Waals surface area contributed by atoms with E-state index in [0.29, 0.717) is 0 Å². The van der Waals surface area contributed by atoms with Gasteiger partial charge in [0.05, 0.1) is 0 Å². The van der Waals surface area contributed by atoms with E-state index >= 15 is 0 Å². The van der Waals surface area contributed by atoms with Gasteiger partial charge in [0.2, 0.25) is 0 Å². The summed E-state index contributed by atoms with van der Waals surface area (Å²) < 4.78 is 2.27. The Bertz CT molecular complexity index is 716. The van der Waals surface area contributed by atoms with E-state index in [-0.39, 0.29) is 12.4 Å². The third-order valence-electron chi connectivity index (χ3n) is 10.5. The summed E-state index contributed by atoms with van der Waals surface area (Å²) in [6.07, 6.45) is 50.2. The van der Waals surface area contributed by atoms with Gasteiger partial charge in [0, 0.05) is 19.1 Å². The lowest BCUT2D eigenvalue weighted by Crippen LogP contribution is -3.00. The molecule has 1 atom stereocenters. The molecule has 0 spiro atoms. The monoisotopic (exact) mass is 648 g/mol. The van der Waals surface area contributed by atoms with Crippen LogP contribution in [0.4, 0.5) is 0 Å². The van der Waals surface area contributed by atoms with Crippen LogP contribution in [0.3, 0.4) is 0 Å². The highest BCUT2D eigenvalue weighted by molar-refractivity contribution is 5.17. The van der Waals surface area contributed by atoms with Crippen LogP contribution in [0.2, 0.25) is 0 Å². The third-order valence-corrected chi connectivity index (χ3v) is 10.5. The van der Waals surface area contributed by atoms with Crippen LogP contribution >= 0.6 is 0 Å². The number of aryl methyl sites for hydroxylation is 2. The lowest BCUT2D eigenvalue weighted by Gasteiger charge is -2.17. The van der Waals surface area contributed by atoms with Gasteiger partial charge in [-0.2, -0.15) is 0 Å². The van der Waals surface area contributed by atoms with Crippen molar-refractivity contribution in [2.45, 2.75) is 239 Å². The van der Waals surface area contributed by atoms with Crippen molar-refractivity contribution in [3.63, 3.8) is 0 Å². The number of aromatic nitrogens is 1. The number of pyridine rings is 1. The van der Waals surface area contributed by atoms with Gasteiger partial charge in [-0.15, -0.1) is 0 Å². The summed E-state index contributed by atoms with van der Waals surface area (Å²) in [7, 11) is 2.18. The van der Waals surface area contributed by atoms with E-state index in [1.165, 1.54) is 218 Å². The third kappa shape index (κ3) is 28.2. The van der Waals surface area contributed by atoms with Gasteiger partial charge in [-0.3, -0.25) is 0 Å². The first-order chi connectivity index (χ1) is 21.7. The van der Waals surface area contributed by atoms with Gasteiger partial charge in [-0.1, -0.05) is 213 Å². The SMILES string of the molecule is CCCCCCCCCCCCCCCCCCC(CCCCCCCCCCCCCCCCC)c1cc[n+](C)c(C)c1.[Cl-]. The minimum Gasteiger partial charge on any atom is -1.00 e. The van der Waals surface area contributed by atoms with Crippen molar-refractivity contribution in [1.29, 1.82) is 0 Å². The van der Waals surface area contributed by atoms with Gasteiger partial charge >= 0.3 is 0 Å². The van der Waals surface area contributed by atoms with Crippen LogP contribution in [0.1, 0.15) is 243 Å². The van der Waals surface area contributed by atoms with Gasteiger partial charge < -0.3 is 12.4 Å². The highest BCUT2D eigenvalue weighted by Gasteiger charge is 2.14. The Kier molecular flexibility index (Phi) is 34.3. The summed E-state index contributed by atoms with van der Waals surface area (Å²) in [5.41, 5.74) is 3.00. The molecule has 266 valence electrons. The molecule has 1 nitrogen and oxygen atoms in total. The Morgan fingerprint density at radius 2 is 0.711 bits per heavy atom. The molecule has 0 saturated heterocycles. The quantitative estimate of drug-likeness (QED) is 0.0517. The van der Waals surface area contributed by atoms with E-state index in [2.05, 4.69) is 50.7 Å². The van der Waals surface area contributed by atoms with Crippen molar-refractivity contribution in [2.75, 3.05) is 0 Å². The predicted molar refractivity (Wildman–Crippen MR) is 199 cm³/mol. The smallest absolute Gasteiger partial charge is 0.178 e. The van der Waals surface area contributed by atoms with E-state index in [9.17, 15) is 0 Å². The summed E-state index contributed by atoms with van der Waals surface area (Å²) in [6.45, 7) is 6.89. The minimum absolute atomic E-state index is 0. The molecule has 0 aliphatic rings. The average Bonchev–Trinajstić information content (AvgIpc) is 3.03. The van der Waals surface area contributed by atoms with Gasteiger partial charge in [-0.25, -0.2) is 4.57 Å². The van der Waals surface area contributed by atoms with E-state index in [1.807, 2.05) is 0 Å². The molecule has 0 N–H and O–H groups in total. The lowest BCUT2D eigenvalue weighted by atomic mass is 9.88. The second-order valence-corrected chi connectivity index (χ2v) is 14.7. The molecule has 1 rings (SSSR count). The van der Waals surface area contributed by atoms with Crippen LogP contribution in [-0.4, -0.2) is 0 Å². The van der Waals surface area contributed by atoms with Crippen molar-refractivity contribution in [2.24, 2.45) is 7.05 Å². The number of hydrogen-bond donors (Lipinski definition) is 0. The van der Waals surface area contributed by atoms with Crippen LogP contribution in [0.5, 0.6) is 0 Å². The standard InChI is InChI=1S/C43H82N.ClH/c1-5-7-9-11-13-15-17-19-21-23-25-27-29-31-33-35-37-42(43-38-39-44(4)41(3)40-43)36-34-32-30-28-26-24-22-20-18-16-14-12-10-8-6-2;/h38-40,42H,5-37H2,1-4H3;1H/q+1;/p-1. The molecular formula is C43H82ClN. The molecule has 1 aromatic rings. The number of hydrogen-bond acceptors (Lipinski definition) is 0. The fourth-order valence-corrected chi connectivity index (χ4v) is 7.14. The minimum atomic E-state index is 0. The maximum atomic E-state index is 2.47. The van der Waals surface area contributed by atoms with Crippen molar-refractivity contribution >= 4 is 0 Å². The first kappa shape index (κ1) is 44.4. The van der Waals surface area contributed by atoms with Gasteiger partial charge in [0.1, 0.15) is 7.05 Å². The summed E-state index contributed by atoms with van der Waals surface area (Å²) in [5.74, 6) is 0.767. The van der Waals surface area contributed by atoms with Crippen LogP contribution in [0, 0.1) is 6.92 Å². The maximum Gasteiger partial charge on any atom is 0.178 e. The Morgan fingerprint density at radius 3 is 0.978 bits per heavy atom. The summed E-state index contributed by atoms with van der Waals surface area (Å²) >= 11 is 0. The molecule has 0 aromatic carbocycles. The molecule has 0 bridgehead atoms. The number of halogens is 1. The first-order valence-corrected chi connectivity index (χ1v) is 20.6. The van der Waals surface area contributed by atoms with Crippen LogP contribution in [-0.2, 0) is 7.05 Å². The zero-order chi connectivity index (χ0) is 31.8. The second kappa shape index (κ2) is 34.8. The van der Waals surface area contributed by atoms with Crippen molar-refractivity contribution in [1.82, 2.24) is 0 Å². The fraction of sp³-hybridized carbons (Fsp3) is 0.884. The molecule has 1 heterocycles. The van der Waals surface area contributed by atoms with E-state index in [4.69, 9.17) is 0 Å². The number of nitrogens with zero attached hydrogens (tertiary/aromatic N) is 1. The van der Waals surface area contributed by atoms with Crippen LogP contribution in [0.15, 0.2) is 18.3 Å². The summed E-state index contributed by atoms with van der Waals surface area (Å²) in [5, 5.41) is 0. The molecule has 0 aliphatic heterocycles.